The van der Waals surface area contributed by atoms with Crippen molar-refractivity contribution in [2.45, 2.75) is 46.1 Å². The monoisotopic (exact) mass is 209 g/mol. The van der Waals surface area contributed by atoms with Crippen molar-refractivity contribution in [3.05, 3.63) is 11.9 Å². The first kappa shape index (κ1) is 11.8. The lowest BCUT2D eigenvalue weighted by Crippen LogP contribution is -2.13. The molecule has 1 heterocycles. The molecule has 0 amide bonds. The van der Waals surface area contributed by atoms with Gasteiger partial charge < -0.3 is 10.5 Å². The van der Waals surface area contributed by atoms with Crippen LogP contribution in [0.2, 0.25) is 0 Å². The van der Waals surface area contributed by atoms with Gasteiger partial charge >= 0.3 is 0 Å². The van der Waals surface area contributed by atoms with E-state index in [1.807, 2.05) is 6.92 Å². The summed E-state index contributed by atoms with van der Waals surface area (Å²) in [7, 11) is 0. The molecular weight excluding hydrogens is 190 g/mol. The topological polar surface area (TPSA) is 61.0 Å². The molecule has 84 valence electrons. The minimum absolute atomic E-state index is 0.162. The summed E-state index contributed by atoms with van der Waals surface area (Å²) in [6, 6.07) is 0. The molecule has 0 saturated heterocycles. The molecule has 0 saturated carbocycles. The number of rotatable bonds is 5. The smallest absolute Gasteiger partial charge is 0.222 e. The van der Waals surface area contributed by atoms with Crippen molar-refractivity contribution in [3.8, 4) is 5.88 Å². The first-order valence-electron chi connectivity index (χ1n) is 5.45. The fourth-order valence-corrected chi connectivity index (χ4v) is 1.27. The Morgan fingerprint density at radius 1 is 1.40 bits per heavy atom. The maximum absolute atomic E-state index is 5.79. The quantitative estimate of drug-likeness (QED) is 0.807. The van der Waals surface area contributed by atoms with Crippen molar-refractivity contribution < 1.29 is 4.74 Å². The van der Waals surface area contributed by atoms with Crippen LogP contribution in [0, 0.1) is 0 Å². The highest BCUT2D eigenvalue weighted by atomic mass is 16.5. The van der Waals surface area contributed by atoms with E-state index in [0.717, 1.165) is 24.8 Å². The van der Waals surface area contributed by atoms with Gasteiger partial charge in [-0.15, -0.1) is 0 Å². The molecule has 1 unspecified atom stereocenters. The molecule has 1 rings (SSSR count). The number of ether oxygens (including phenoxy) is 1. The van der Waals surface area contributed by atoms with E-state index in [9.17, 15) is 0 Å². The summed E-state index contributed by atoms with van der Waals surface area (Å²) in [6.45, 7) is 6.20. The summed E-state index contributed by atoms with van der Waals surface area (Å²) in [5.41, 5.74) is 6.72. The zero-order valence-electron chi connectivity index (χ0n) is 9.66. The number of anilines is 1. The molecular formula is C11H19N3O. The lowest BCUT2D eigenvalue weighted by molar-refractivity contribution is 0.206. The molecule has 4 nitrogen and oxygen atoms in total. The van der Waals surface area contributed by atoms with Crippen molar-refractivity contribution in [2.75, 3.05) is 5.73 Å². The Kier molecular flexibility index (Phi) is 4.34. The predicted octanol–water partition coefficient (Wildman–Crippen LogP) is 2.19. The first-order chi connectivity index (χ1) is 7.19. The normalized spacial score (nSPS) is 12.5. The van der Waals surface area contributed by atoms with Gasteiger partial charge in [-0.25, -0.2) is 9.97 Å². The van der Waals surface area contributed by atoms with Gasteiger partial charge in [-0.05, 0) is 19.8 Å². The second-order valence-electron chi connectivity index (χ2n) is 3.63. The predicted molar refractivity (Wildman–Crippen MR) is 60.8 cm³/mol. The van der Waals surface area contributed by atoms with Crippen LogP contribution in [0.3, 0.4) is 0 Å². The van der Waals surface area contributed by atoms with Crippen molar-refractivity contribution in [3.63, 3.8) is 0 Å². The molecule has 15 heavy (non-hydrogen) atoms. The zero-order chi connectivity index (χ0) is 11.3. The van der Waals surface area contributed by atoms with Gasteiger partial charge in [0, 0.05) is 0 Å². The van der Waals surface area contributed by atoms with Gasteiger partial charge in [0.2, 0.25) is 5.88 Å². The Labute approximate surface area is 90.9 Å². The summed E-state index contributed by atoms with van der Waals surface area (Å²) < 4.78 is 5.70. The fraction of sp³-hybridized carbons (Fsp3) is 0.636. The highest BCUT2D eigenvalue weighted by Crippen LogP contribution is 2.22. The maximum atomic E-state index is 5.79. The molecule has 0 spiro atoms. The molecule has 0 aromatic carbocycles. The number of nitrogens with zero attached hydrogens (tertiary/aromatic N) is 2. The molecule has 0 radical (unpaired) electrons. The van der Waals surface area contributed by atoms with Gasteiger partial charge in [-0.2, -0.15) is 0 Å². The van der Waals surface area contributed by atoms with Crippen LogP contribution in [0.1, 0.15) is 39.2 Å². The number of nitrogens with two attached hydrogens (primary N) is 1. The third-order valence-corrected chi connectivity index (χ3v) is 2.33. The molecule has 1 aromatic rings. The third kappa shape index (κ3) is 3.08. The van der Waals surface area contributed by atoms with Gasteiger partial charge in [-0.1, -0.05) is 20.3 Å². The Hall–Kier alpha value is -1.32. The van der Waals surface area contributed by atoms with Crippen molar-refractivity contribution >= 4 is 5.82 Å². The fourth-order valence-electron chi connectivity index (χ4n) is 1.27. The van der Waals surface area contributed by atoms with E-state index < -0.39 is 0 Å². The highest BCUT2D eigenvalue weighted by molar-refractivity contribution is 5.44. The second-order valence-corrected chi connectivity index (χ2v) is 3.63. The first-order valence-corrected chi connectivity index (χ1v) is 5.45. The van der Waals surface area contributed by atoms with Gasteiger partial charge in [0.05, 0.1) is 11.7 Å². The average molecular weight is 209 g/mol. The molecule has 2 N–H and O–H groups in total. The lowest BCUT2D eigenvalue weighted by Gasteiger charge is -2.15. The number of aromatic nitrogens is 2. The van der Waals surface area contributed by atoms with Gasteiger partial charge in [-0.3, -0.25) is 0 Å². The average Bonchev–Trinajstić information content (AvgIpc) is 2.23. The Bertz CT molecular complexity index is 315. The van der Waals surface area contributed by atoms with Crippen LogP contribution in [0.4, 0.5) is 5.82 Å². The van der Waals surface area contributed by atoms with Gasteiger partial charge in [0.1, 0.15) is 12.1 Å². The van der Waals surface area contributed by atoms with Crippen LogP contribution < -0.4 is 10.5 Å². The van der Waals surface area contributed by atoms with Gasteiger partial charge in [0.15, 0.2) is 0 Å². The van der Waals surface area contributed by atoms with Crippen LogP contribution in [-0.4, -0.2) is 16.1 Å². The summed E-state index contributed by atoms with van der Waals surface area (Å²) in [5.74, 6) is 1.17. The van der Waals surface area contributed by atoms with E-state index in [0.29, 0.717) is 11.7 Å². The largest absolute Gasteiger partial charge is 0.474 e. The number of hydrogen-bond donors (Lipinski definition) is 1. The van der Waals surface area contributed by atoms with Crippen LogP contribution in [-0.2, 0) is 6.42 Å². The standard InChI is InChI=1S/C11H19N3O/c1-4-6-9-10(12)13-7-14-11(9)15-8(3)5-2/h7-8H,4-6H2,1-3H3,(H2,12,13,14). The Morgan fingerprint density at radius 3 is 2.73 bits per heavy atom. The highest BCUT2D eigenvalue weighted by Gasteiger charge is 2.11. The Morgan fingerprint density at radius 2 is 2.13 bits per heavy atom. The van der Waals surface area contributed by atoms with Gasteiger partial charge in [0.25, 0.3) is 0 Å². The van der Waals surface area contributed by atoms with E-state index >= 15 is 0 Å². The molecule has 0 aliphatic rings. The summed E-state index contributed by atoms with van der Waals surface area (Å²) in [4.78, 5) is 8.11. The van der Waals surface area contributed by atoms with Crippen LogP contribution in [0.15, 0.2) is 6.33 Å². The van der Waals surface area contributed by atoms with Crippen molar-refractivity contribution in [2.24, 2.45) is 0 Å². The third-order valence-electron chi connectivity index (χ3n) is 2.33. The molecule has 1 aromatic heterocycles. The summed E-state index contributed by atoms with van der Waals surface area (Å²) in [6.07, 6.45) is 4.43. The summed E-state index contributed by atoms with van der Waals surface area (Å²) in [5, 5.41) is 0. The lowest BCUT2D eigenvalue weighted by atomic mass is 10.2. The van der Waals surface area contributed by atoms with E-state index in [-0.39, 0.29) is 6.10 Å². The molecule has 0 bridgehead atoms. The van der Waals surface area contributed by atoms with Crippen molar-refractivity contribution in [1.82, 2.24) is 9.97 Å². The van der Waals surface area contributed by atoms with Crippen LogP contribution >= 0.6 is 0 Å². The van der Waals surface area contributed by atoms with E-state index in [2.05, 4.69) is 23.8 Å². The summed E-state index contributed by atoms with van der Waals surface area (Å²) >= 11 is 0. The molecule has 4 heteroatoms. The minimum atomic E-state index is 0.162. The molecule has 0 fully saturated rings. The zero-order valence-corrected chi connectivity index (χ0v) is 9.66. The van der Waals surface area contributed by atoms with E-state index in [1.54, 1.807) is 0 Å². The molecule has 0 aliphatic carbocycles. The van der Waals surface area contributed by atoms with Crippen molar-refractivity contribution in [1.29, 1.82) is 0 Å². The number of hydrogen-bond acceptors (Lipinski definition) is 4. The van der Waals surface area contributed by atoms with Crippen LogP contribution in [0.25, 0.3) is 0 Å². The van der Waals surface area contributed by atoms with Crippen LogP contribution in [0.5, 0.6) is 5.88 Å². The second kappa shape index (κ2) is 5.53. The van der Waals surface area contributed by atoms with E-state index in [1.165, 1.54) is 6.33 Å². The number of nitrogen functional groups attached to an aromatic ring is 1. The maximum Gasteiger partial charge on any atom is 0.222 e. The Balaban J connectivity index is 2.89. The molecule has 1 atom stereocenters. The SMILES string of the molecule is CCCc1c(N)ncnc1OC(C)CC. The van der Waals surface area contributed by atoms with E-state index in [4.69, 9.17) is 10.5 Å². The minimum Gasteiger partial charge on any atom is -0.474 e. The molecule has 0 aliphatic heterocycles.